The fourth-order valence-electron chi connectivity index (χ4n) is 3.55. The van der Waals surface area contributed by atoms with Gasteiger partial charge in [-0.2, -0.15) is 5.10 Å². The lowest BCUT2D eigenvalue weighted by atomic mass is 9.95. The van der Waals surface area contributed by atoms with E-state index in [9.17, 15) is 0 Å². The van der Waals surface area contributed by atoms with Gasteiger partial charge in [0.15, 0.2) is 5.69 Å². The van der Waals surface area contributed by atoms with Crippen LogP contribution >= 0.6 is 0 Å². The quantitative estimate of drug-likeness (QED) is 0.438. The SMILES string of the molecule is [C-]#[N+]c1ccc(-c2c(-c3ccc4c(cnn4C)c3)ncc3[nH]ccc23)cc1. The van der Waals surface area contributed by atoms with Crippen LogP contribution in [0, 0.1) is 6.57 Å². The molecule has 0 radical (unpaired) electrons. The number of nitrogens with zero attached hydrogens (tertiary/aromatic N) is 4. The Morgan fingerprint density at radius 2 is 1.81 bits per heavy atom. The Balaban J connectivity index is 1.79. The molecule has 5 nitrogen and oxygen atoms in total. The van der Waals surface area contributed by atoms with Crippen molar-refractivity contribution < 1.29 is 0 Å². The molecule has 1 N–H and O–H groups in total. The van der Waals surface area contributed by atoms with Crippen LogP contribution in [-0.4, -0.2) is 19.7 Å². The highest BCUT2D eigenvalue weighted by atomic mass is 15.2. The Labute approximate surface area is 155 Å². The van der Waals surface area contributed by atoms with E-state index in [1.807, 2.05) is 54.6 Å². The summed E-state index contributed by atoms with van der Waals surface area (Å²) >= 11 is 0. The molecule has 5 aromatic rings. The van der Waals surface area contributed by atoms with Gasteiger partial charge < -0.3 is 4.98 Å². The third-order valence-corrected chi connectivity index (χ3v) is 4.91. The maximum atomic E-state index is 7.18. The fourth-order valence-corrected chi connectivity index (χ4v) is 3.55. The van der Waals surface area contributed by atoms with Crippen molar-refractivity contribution in [1.29, 1.82) is 0 Å². The lowest BCUT2D eigenvalue weighted by molar-refractivity contribution is 0.797. The number of hydrogen-bond acceptors (Lipinski definition) is 2. The van der Waals surface area contributed by atoms with E-state index in [2.05, 4.69) is 39.2 Å². The molecule has 5 heteroatoms. The van der Waals surface area contributed by atoms with Gasteiger partial charge in [0.1, 0.15) is 0 Å². The molecule has 0 aliphatic carbocycles. The number of aromatic nitrogens is 4. The smallest absolute Gasteiger partial charge is 0.187 e. The lowest BCUT2D eigenvalue weighted by Gasteiger charge is -2.11. The maximum absolute atomic E-state index is 7.18. The third kappa shape index (κ3) is 2.39. The highest BCUT2D eigenvalue weighted by molar-refractivity contribution is 6.02. The van der Waals surface area contributed by atoms with Crippen LogP contribution in [0.5, 0.6) is 0 Å². The van der Waals surface area contributed by atoms with Crippen molar-refractivity contribution in [3.05, 3.63) is 78.5 Å². The molecule has 0 fully saturated rings. The Hall–Kier alpha value is -3.91. The maximum Gasteiger partial charge on any atom is 0.187 e. The van der Waals surface area contributed by atoms with Crippen molar-refractivity contribution in [3.63, 3.8) is 0 Å². The molecule has 27 heavy (non-hydrogen) atoms. The number of fused-ring (bicyclic) bond motifs is 2. The zero-order chi connectivity index (χ0) is 18.4. The summed E-state index contributed by atoms with van der Waals surface area (Å²) in [5, 5.41) is 6.53. The molecule has 0 atom stereocenters. The van der Waals surface area contributed by atoms with E-state index in [1.54, 1.807) is 0 Å². The molecule has 128 valence electrons. The van der Waals surface area contributed by atoms with E-state index >= 15 is 0 Å². The highest BCUT2D eigenvalue weighted by Gasteiger charge is 2.15. The second-order valence-electron chi connectivity index (χ2n) is 6.49. The Morgan fingerprint density at radius 3 is 2.63 bits per heavy atom. The minimum Gasteiger partial charge on any atom is -0.360 e. The summed E-state index contributed by atoms with van der Waals surface area (Å²) in [6, 6.07) is 16.0. The van der Waals surface area contributed by atoms with Gasteiger partial charge in [-0.25, -0.2) is 4.85 Å². The first-order valence-electron chi connectivity index (χ1n) is 8.61. The van der Waals surface area contributed by atoms with Gasteiger partial charge in [-0.1, -0.05) is 30.3 Å². The number of H-pyrrole nitrogens is 1. The van der Waals surface area contributed by atoms with Gasteiger partial charge in [0, 0.05) is 35.1 Å². The number of pyridine rings is 1. The first kappa shape index (κ1) is 15.4. The van der Waals surface area contributed by atoms with E-state index in [1.165, 1.54) is 0 Å². The second kappa shape index (κ2) is 5.82. The molecule has 0 amide bonds. The highest BCUT2D eigenvalue weighted by Crippen LogP contribution is 2.37. The molecule has 5 rings (SSSR count). The summed E-state index contributed by atoms with van der Waals surface area (Å²) in [5.41, 5.74) is 6.78. The van der Waals surface area contributed by atoms with Gasteiger partial charge in [0.05, 0.1) is 35.7 Å². The van der Waals surface area contributed by atoms with Gasteiger partial charge in [0.2, 0.25) is 0 Å². The standard InChI is InChI=1S/C22H15N5/c1-23-17-6-3-14(4-7-17)21-18-9-10-24-19(18)13-25-22(21)15-5-8-20-16(11-15)12-26-27(20)2/h3-13,24H,2H3. The zero-order valence-corrected chi connectivity index (χ0v) is 14.6. The summed E-state index contributed by atoms with van der Waals surface area (Å²) in [6.45, 7) is 7.18. The third-order valence-electron chi connectivity index (χ3n) is 4.91. The van der Waals surface area contributed by atoms with Crippen molar-refractivity contribution in [2.75, 3.05) is 0 Å². The number of hydrogen-bond donors (Lipinski definition) is 1. The normalized spacial score (nSPS) is 11.1. The topological polar surface area (TPSA) is 50.9 Å². The fraction of sp³-hybridized carbons (Fsp3) is 0.0455. The van der Waals surface area contributed by atoms with E-state index in [4.69, 9.17) is 11.6 Å². The predicted octanol–water partition coefficient (Wildman–Crippen LogP) is 5.33. The van der Waals surface area contributed by atoms with Crippen molar-refractivity contribution in [3.8, 4) is 22.4 Å². The molecule has 0 bridgehead atoms. The van der Waals surface area contributed by atoms with E-state index < -0.39 is 0 Å². The summed E-state index contributed by atoms with van der Waals surface area (Å²) in [6.07, 6.45) is 5.67. The summed E-state index contributed by atoms with van der Waals surface area (Å²) < 4.78 is 1.87. The van der Waals surface area contributed by atoms with Gasteiger partial charge in [-0.05, 0) is 23.8 Å². The molecule has 0 aliphatic rings. The number of aryl methyl sites for hydroxylation is 1. The minimum atomic E-state index is 0.631. The molecule has 3 aromatic heterocycles. The summed E-state index contributed by atoms with van der Waals surface area (Å²) in [5.74, 6) is 0. The first-order valence-corrected chi connectivity index (χ1v) is 8.61. The van der Waals surface area contributed by atoms with Crippen LogP contribution in [-0.2, 0) is 7.05 Å². The first-order chi connectivity index (χ1) is 13.2. The monoisotopic (exact) mass is 349 g/mol. The predicted molar refractivity (Wildman–Crippen MR) is 107 cm³/mol. The van der Waals surface area contributed by atoms with Crippen LogP contribution < -0.4 is 0 Å². The number of benzene rings is 2. The van der Waals surface area contributed by atoms with Crippen LogP contribution in [0.25, 0.3) is 49.0 Å². The number of nitrogens with one attached hydrogen (secondary N) is 1. The van der Waals surface area contributed by atoms with Gasteiger partial charge in [0.25, 0.3) is 0 Å². The molecule has 3 heterocycles. The van der Waals surface area contributed by atoms with E-state index in [0.717, 1.165) is 44.2 Å². The van der Waals surface area contributed by atoms with Gasteiger partial charge >= 0.3 is 0 Å². The van der Waals surface area contributed by atoms with Crippen LogP contribution in [0.3, 0.4) is 0 Å². The van der Waals surface area contributed by atoms with Crippen LogP contribution in [0.4, 0.5) is 5.69 Å². The zero-order valence-electron chi connectivity index (χ0n) is 14.6. The molecule has 0 spiro atoms. The van der Waals surface area contributed by atoms with Crippen LogP contribution in [0.1, 0.15) is 0 Å². The molecular formula is C22H15N5. The Bertz CT molecular complexity index is 1330. The van der Waals surface area contributed by atoms with Crippen molar-refractivity contribution in [2.45, 2.75) is 0 Å². The average Bonchev–Trinajstić information content (AvgIpc) is 3.34. The van der Waals surface area contributed by atoms with Crippen LogP contribution in [0.2, 0.25) is 0 Å². The summed E-state index contributed by atoms with van der Waals surface area (Å²) in [4.78, 5) is 11.5. The largest absolute Gasteiger partial charge is 0.360 e. The second-order valence-corrected chi connectivity index (χ2v) is 6.49. The minimum absolute atomic E-state index is 0.631. The Kier molecular flexibility index (Phi) is 3.31. The molecule has 0 saturated heterocycles. The molecule has 0 aliphatic heterocycles. The van der Waals surface area contributed by atoms with Crippen molar-refractivity contribution in [2.24, 2.45) is 7.05 Å². The Morgan fingerprint density at radius 1 is 1.00 bits per heavy atom. The molecule has 2 aromatic carbocycles. The average molecular weight is 349 g/mol. The molecular weight excluding hydrogens is 334 g/mol. The van der Waals surface area contributed by atoms with Crippen molar-refractivity contribution >= 4 is 27.5 Å². The van der Waals surface area contributed by atoms with Crippen LogP contribution in [0.15, 0.2) is 67.1 Å². The van der Waals surface area contributed by atoms with E-state index in [-0.39, 0.29) is 0 Å². The van der Waals surface area contributed by atoms with E-state index in [0.29, 0.717) is 5.69 Å². The molecule has 0 unspecified atom stereocenters. The lowest BCUT2D eigenvalue weighted by Crippen LogP contribution is -1.92. The van der Waals surface area contributed by atoms with Gasteiger partial charge in [-0.3, -0.25) is 9.67 Å². The number of rotatable bonds is 2. The van der Waals surface area contributed by atoms with Gasteiger partial charge in [-0.15, -0.1) is 0 Å². The number of aromatic amines is 1. The van der Waals surface area contributed by atoms with Crippen molar-refractivity contribution in [1.82, 2.24) is 19.7 Å². The summed E-state index contributed by atoms with van der Waals surface area (Å²) in [7, 11) is 1.94. The molecule has 0 saturated carbocycles.